The third-order valence-electron chi connectivity index (χ3n) is 7.81. The van der Waals surface area contributed by atoms with Gasteiger partial charge >= 0.3 is 5.69 Å². The van der Waals surface area contributed by atoms with Gasteiger partial charge in [0.2, 0.25) is 5.88 Å². The molecule has 0 saturated heterocycles. The van der Waals surface area contributed by atoms with E-state index in [1.807, 2.05) is 19.1 Å². The molecular formula is C36H45N5O4S. The van der Waals surface area contributed by atoms with Crippen molar-refractivity contribution in [3.63, 3.8) is 0 Å². The first kappa shape index (κ1) is 34.4. The van der Waals surface area contributed by atoms with Crippen LogP contribution in [-0.4, -0.2) is 34.9 Å². The number of benzene rings is 2. The highest BCUT2D eigenvalue weighted by Gasteiger charge is 2.19. The number of aryl methyl sites for hydroxylation is 2. The van der Waals surface area contributed by atoms with E-state index in [4.69, 9.17) is 9.84 Å². The van der Waals surface area contributed by atoms with Crippen LogP contribution in [0.1, 0.15) is 70.5 Å². The molecule has 46 heavy (non-hydrogen) atoms. The summed E-state index contributed by atoms with van der Waals surface area (Å²) in [5.41, 5.74) is 5.28. The van der Waals surface area contributed by atoms with Crippen LogP contribution < -0.4 is 15.1 Å². The maximum absolute atomic E-state index is 13.1. The second-order valence-corrected chi connectivity index (χ2v) is 13.8. The van der Waals surface area contributed by atoms with Crippen LogP contribution in [0, 0.1) is 0 Å². The number of allylic oxidation sites excluding steroid dienone is 3. The molecule has 9 nitrogen and oxygen atoms in total. The Hall–Kier alpha value is -4.44. The maximum Gasteiger partial charge on any atom is 0.346 e. The van der Waals surface area contributed by atoms with E-state index in [1.54, 1.807) is 41.3 Å². The number of hydrogen-bond donors (Lipinski definition) is 1. The molecule has 0 atom stereocenters. The van der Waals surface area contributed by atoms with Crippen molar-refractivity contribution in [3.8, 4) is 17.1 Å². The fourth-order valence-corrected chi connectivity index (χ4v) is 6.40. The molecule has 0 unspecified atom stereocenters. The number of nitrogens with one attached hydrogen (secondary N) is 1. The average molecular weight is 644 g/mol. The molecular weight excluding hydrogens is 598 g/mol. The summed E-state index contributed by atoms with van der Waals surface area (Å²) < 4.78 is 36.9. The van der Waals surface area contributed by atoms with Crippen LogP contribution in [0.5, 0.6) is 5.88 Å². The predicted octanol–water partition coefficient (Wildman–Crippen LogP) is 6.88. The Kier molecular flexibility index (Phi) is 11.1. The first-order valence-corrected chi connectivity index (χ1v) is 17.1. The van der Waals surface area contributed by atoms with E-state index in [9.17, 15) is 13.2 Å². The second-order valence-electron chi connectivity index (χ2n) is 12.1. The smallest absolute Gasteiger partial charge is 0.346 e. The summed E-state index contributed by atoms with van der Waals surface area (Å²) in [6.07, 6.45) is 7.10. The van der Waals surface area contributed by atoms with Crippen molar-refractivity contribution in [2.45, 2.75) is 79.3 Å². The van der Waals surface area contributed by atoms with Gasteiger partial charge < -0.3 is 4.74 Å². The number of methoxy groups -OCH3 is 1. The van der Waals surface area contributed by atoms with Crippen molar-refractivity contribution in [1.82, 2.24) is 19.3 Å². The summed E-state index contributed by atoms with van der Waals surface area (Å²) in [5, 5.41) is 4.70. The van der Waals surface area contributed by atoms with Crippen LogP contribution in [0.3, 0.4) is 0 Å². The lowest BCUT2D eigenvalue weighted by molar-refractivity contribution is 0.400. The number of sulfonamides is 1. The zero-order valence-electron chi connectivity index (χ0n) is 27.9. The summed E-state index contributed by atoms with van der Waals surface area (Å²) in [6.45, 7) is 13.0. The quantitative estimate of drug-likeness (QED) is 0.159. The molecule has 0 aliphatic heterocycles. The third-order valence-corrected chi connectivity index (χ3v) is 9.29. The Labute approximate surface area is 272 Å². The lowest BCUT2D eigenvalue weighted by Gasteiger charge is -2.19. The molecule has 0 bridgehead atoms. The highest BCUT2D eigenvalue weighted by atomic mass is 32.2. The Balaban J connectivity index is 1.40. The van der Waals surface area contributed by atoms with Gasteiger partial charge in [0.1, 0.15) is 11.5 Å². The second kappa shape index (κ2) is 14.8. The molecule has 2 aromatic heterocycles. The number of aromatic nitrogens is 4. The van der Waals surface area contributed by atoms with Gasteiger partial charge in [-0.25, -0.2) is 22.9 Å². The molecule has 0 spiro atoms. The average Bonchev–Trinajstić information content (AvgIpc) is 3.33. The van der Waals surface area contributed by atoms with Crippen molar-refractivity contribution in [1.29, 1.82) is 0 Å². The first-order chi connectivity index (χ1) is 21.9. The van der Waals surface area contributed by atoms with Gasteiger partial charge in [0.25, 0.3) is 10.0 Å². The minimum atomic E-state index is -3.78. The molecule has 0 amide bonds. The van der Waals surface area contributed by atoms with Crippen molar-refractivity contribution in [2.75, 3.05) is 11.8 Å². The minimum absolute atomic E-state index is 0.0798. The highest BCUT2D eigenvalue weighted by Crippen LogP contribution is 2.29. The van der Waals surface area contributed by atoms with Crippen molar-refractivity contribution in [2.24, 2.45) is 0 Å². The SMILES string of the molecule is CC=CC(=CC)S(=O)(=O)Nc1ccc(-c2ccc(CCCc3nn(Cc4ccc(C(C)(C)C)cc4)c(=O)n3CC)cc2)nc1OC. The molecule has 2 aromatic carbocycles. The molecule has 10 heteroatoms. The van der Waals surface area contributed by atoms with E-state index >= 15 is 0 Å². The van der Waals surface area contributed by atoms with Crippen LogP contribution >= 0.6 is 0 Å². The van der Waals surface area contributed by atoms with Gasteiger partial charge in [0.05, 0.1) is 24.3 Å². The van der Waals surface area contributed by atoms with Crippen molar-refractivity contribution in [3.05, 3.63) is 117 Å². The van der Waals surface area contributed by atoms with Crippen molar-refractivity contribution < 1.29 is 13.2 Å². The third kappa shape index (κ3) is 8.23. The Morgan fingerprint density at radius 1 is 0.957 bits per heavy atom. The lowest BCUT2D eigenvalue weighted by atomic mass is 9.87. The van der Waals surface area contributed by atoms with Gasteiger partial charge in [0, 0.05) is 18.5 Å². The molecule has 0 fully saturated rings. The molecule has 4 aromatic rings. The standard InChI is InChI=1S/C36H45N5O4S/c1-8-12-30(9-2)46(43,44)39-32-24-23-31(37-34(32)45-7)28-19-15-26(16-20-28)13-11-14-33-38-41(35(42)40(33)10-3)25-27-17-21-29(22-18-27)36(4,5)6/h8-9,12,15-24,39H,10-11,13-14,25H2,1-7H3. The van der Waals surface area contributed by atoms with Gasteiger partial charge in [-0.1, -0.05) is 81.5 Å². The molecule has 0 aliphatic rings. The predicted molar refractivity (Wildman–Crippen MR) is 186 cm³/mol. The van der Waals surface area contributed by atoms with Crippen LogP contribution in [-0.2, 0) is 41.4 Å². The Morgan fingerprint density at radius 2 is 1.63 bits per heavy atom. The summed E-state index contributed by atoms with van der Waals surface area (Å²) in [4.78, 5) is 17.8. The van der Waals surface area contributed by atoms with Gasteiger partial charge in [-0.15, -0.1) is 0 Å². The number of hydrogen-bond acceptors (Lipinski definition) is 6. The number of nitrogens with zero attached hydrogens (tertiary/aromatic N) is 4. The number of anilines is 1. The molecule has 0 radical (unpaired) electrons. The van der Waals surface area contributed by atoms with Crippen LogP contribution in [0.25, 0.3) is 11.3 Å². The van der Waals surface area contributed by atoms with Gasteiger partial charge in [-0.2, -0.15) is 5.10 Å². The largest absolute Gasteiger partial charge is 0.479 e. The van der Waals surface area contributed by atoms with E-state index in [2.05, 4.69) is 66.9 Å². The van der Waals surface area contributed by atoms with Crippen molar-refractivity contribution >= 4 is 15.7 Å². The minimum Gasteiger partial charge on any atom is -0.479 e. The first-order valence-electron chi connectivity index (χ1n) is 15.6. The Morgan fingerprint density at radius 3 is 2.22 bits per heavy atom. The van der Waals surface area contributed by atoms with Crippen LogP contribution in [0.4, 0.5) is 5.69 Å². The fraction of sp³-hybridized carbons (Fsp3) is 0.361. The molecule has 4 rings (SSSR count). The van der Waals surface area contributed by atoms with Gasteiger partial charge in [-0.3, -0.25) is 9.29 Å². The zero-order chi connectivity index (χ0) is 33.5. The number of rotatable bonds is 13. The van der Waals surface area contributed by atoms with E-state index in [1.165, 1.54) is 24.8 Å². The van der Waals surface area contributed by atoms with E-state index in [0.717, 1.165) is 35.4 Å². The van der Waals surface area contributed by atoms with Crippen LogP contribution in [0.15, 0.2) is 88.6 Å². The van der Waals surface area contributed by atoms with Gasteiger partial charge in [-0.05, 0) is 73.9 Å². The van der Waals surface area contributed by atoms with E-state index in [0.29, 0.717) is 25.2 Å². The molecule has 0 saturated carbocycles. The molecule has 1 N–H and O–H groups in total. The summed E-state index contributed by atoms with van der Waals surface area (Å²) >= 11 is 0. The fourth-order valence-electron chi connectivity index (χ4n) is 5.21. The highest BCUT2D eigenvalue weighted by molar-refractivity contribution is 7.96. The number of pyridine rings is 1. The molecule has 244 valence electrons. The maximum atomic E-state index is 13.1. The Bertz CT molecular complexity index is 1860. The normalized spacial score (nSPS) is 12.5. The summed E-state index contributed by atoms with van der Waals surface area (Å²) in [6, 6.07) is 19.9. The summed E-state index contributed by atoms with van der Waals surface area (Å²) in [7, 11) is -2.32. The lowest BCUT2D eigenvalue weighted by Crippen LogP contribution is -2.25. The molecule has 0 aliphatic carbocycles. The topological polar surface area (TPSA) is 108 Å². The summed E-state index contributed by atoms with van der Waals surface area (Å²) in [5.74, 6) is 0.985. The van der Waals surface area contributed by atoms with E-state index < -0.39 is 10.0 Å². The van der Waals surface area contributed by atoms with Gasteiger partial charge in [0.15, 0.2) is 0 Å². The zero-order valence-corrected chi connectivity index (χ0v) is 28.7. The number of ether oxygens (including phenoxy) is 1. The van der Waals surface area contributed by atoms with E-state index in [-0.39, 0.29) is 27.6 Å². The monoisotopic (exact) mass is 643 g/mol. The molecule has 2 heterocycles. The van der Waals surface area contributed by atoms with Crippen LogP contribution in [0.2, 0.25) is 0 Å².